The molecular formula is C19H13F6NO2. The molecule has 9 heteroatoms. The normalized spacial score (nSPS) is 12.3. The second kappa shape index (κ2) is 6.88. The molecule has 3 aromatic rings. The van der Waals surface area contributed by atoms with Gasteiger partial charge >= 0.3 is 12.4 Å². The van der Waals surface area contributed by atoms with Crippen molar-refractivity contribution in [2.45, 2.75) is 12.4 Å². The van der Waals surface area contributed by atoms with Gasteiger partial charge in [0.05, 0.1) is 25.3 Å². The van der Waals surface area contributed by atoms with Crippen LogP contribution in [0.25, 0.3) is 22.0 Å². The molecular weight excluding hydrogens is 388 g/mol. The van der Waals surface area contributed by atoms with Gasteiger partial charge in [-0.15, -0.1) is 0 Å². The maximum Gasteiger partial charge on any atom is 0.433 e. The number of para-hydroxylation sites is 1. The van der Waals surface area contributed by atoms with E-state index in [1.807, 2.05) is 0 Å². The van der Waals surface area contributed by atoms with E-state index in [2.05, 4.69) is 4.98 Å². The first-order valence-electron chi connectivity index (χ1n) is 7.87. The van der Waals surface area contributed by atoms with E-state index in [0.29, 0.717) is 17.9 Å². The fraction of sp³-hybridized carbons (Fsp3) is 0.211. The molecule has 28 heavy (non-hydrogen) atoms. The monoisotopic (exact) mass is 401 g/mol. The highest BCUT2D eigenvalue weighted by atomic mass is 19.4. The van der Waals surface area contributed by atoms with Crippen LogP contribution in [-0.4, -0.2) is 19.2 Å². The van der Waals surface area contributed by atoms with Crippen LogP contribution >= 0.6 is 0 Å². The lowest BCUT2D eigenvalue weighted by molar-refractivity contribution is -0.142. The topological polar surface area (TPSA) is 31.4 Å². The van der Waals surface area contributed by atoms with Crippen molar-refractivity contribution in [3.8, 4) is 22.6 Å². The molecule has 0 saturated carbocycles. The number of benzene rings is 2. The average molecular weight is 401 g/mol. The Kier molecular flexibility index (Phi) is 4.86. The van der Waals surface area contributed by atoms with Crippen LogP contribution in [0.1, 0.15) is 11.3 Å². The molecule has 3 rings (SSSR count). The van der Waals surface area contributed by atoms with Crippen molar-refractivity contribution in [1.82, 2.24) is 4.98 Å². The molecule has 0 saturated heterocycles. The van der Waals surface area contributed by atoms with Crippen molar-refractivity contribution < 1.29 is 35.8 Å². The smallest absolute Gasteiger partial charge is 0.433 e. The third-order valence-electron chi connectivity index (χ3n) is 4.13. The summed E-state index contributed by atoms with van der Waals surface area (Å²) in [5.41, 5.74) is -3.35. The van der Waals surface area contributed by atoms with Gasteiger partial charge in [-0.1, -0.05) is 12.1 Å². The van der Waals surface area contributed by atoms with Crippen LogP contribution in [-0.2, 0) is 12.4 Å². The Morgan fingerprint density at radius 1 is 0.786 bits per heavy atom. The lowest BCUT2D eigenvalue weighted by atomic mass is 9.97. The Balaban J connectivity index is 2.43. The summed E-state index contributed by atoms with van der Waals surface area (Å²) < 4.78 is 90.4. The number of fused-ring (bicyclic) bond motifs is 1. The molecule has 0 fully saturated rings. The number of alkyl halides is 6. The van der Waals surface area contributed by atoms with Crippen molar-refractivity contribution in [2.24, 2.45) is 0 Å². The number of ether oxygens (including phenoxy) is 2. The quantitative estimate of drug-likeness (QED) is 0.508. The fourth-order valence-corrected chi connectivity index (χ4v) is 2.87. The van der Waals surface area contributed by atoms with Crippen LogP contribution in [0.4, 0.5) is 26.3 Å². The number of pyridine rings is 1. The number of halogens is 6. The molecule has 0 N–H and O–H groups in total. The van der Waals surface area contributed by atoms with Gasteiger partial charge in [0, 0.05) is 17.0 Å². The Labute approximate surface area is 155 Å². The average Bonchev–Trinajstić information content (AvgIpc) is 2.64. The van der Waals surface area contributed by atoms with Gasteiger partial charge in [0.2, 0.25) is 0 Å². The summed E-state index contributed by atoms with van der Waals surface area (Å²) in [5.74, 6) is 0.531. The van der Waals surface area contributed by atoms with Gasteiger partial charge in [-0.2, -0.15) is 26.3 Å². The number of methoxy groups -OCH3 is 2. The summed E-state index contributed by atoms with van der Waals surface area (Å²) in [6.07, 6.45) is -9.79. The van der Waals surface area contributed by atoms with Gasteiger partial charge in [0.25, 0.3) is 0 Å². The predicted molar refractivity (Wildman–Crippen MR) is 90.3 cm³/mol. The highest BCUT2D eigenvalue weighted by Crippen LogP contribution is 2.43. The lowest BCUT2D eigenvalue weighted by Crippen LogP contribution is -2.12. The second-order valence-corrected chi connectivity index (χ2v) is 5.82. The molecule has 148 valence electrons. The van der Waals surface area contributed by atoms with Crippen molar-refractivity contribution in [3.05, 3.63) is 53.7 Å². The minimum absolute atomic E-state index is 0.0775. The first-order chi connectivity index (χ1) is 13.1. The summed E-state index contributed by atoms with van der Waals surface area (Å²) in [5, 5.41) is -0.0775. The highest BCUT2D eigenvalue weighted by Gasteiger charge is 2.37. The summed E-state index contributed by atoms with van der Waals surface area (Å²) in [6.45, 7) is 0. The molecule has 0 aliphatic rings. The third kappa shape index (κ3) is 3.56. The van der Waals surface area contributed by atoms with Gasteiger partial charge in [-0.05, 0) is 29.8 Å². The van der Waals surface area contributed by atoms with Gasteiger partial charge in [-0.3, -0.25) is 0 Å². The van der Waals surface area contributed by atoms with Gasteiger partial charge in [0.1, 0.15) is 17.2 Å². The molecule has 0 aliphatic carbocycles. The molecule has 0 atom stereocenters. The zero-order chi connectivity index (χ0) is 20.7. The molecule has 0 unspecified atom stereocenters. The molecule has 0 radical (unpaired) electrons. The molecule has 2 aromatic carbocycles. The van der Waals surface area contributed by atoms with Crippen LogP contribution in [0.2, 0.25) is 0 Å². The Bertz CT molecular complexity index is 1030. The van der Waals surface area contributed by atoms with E-state index in [4.69, 9.17) is 9.47 Å². The SMILES string of the molecule is COc1ccc(-c2cc(C(F)(F)F)nc3c(C(F)(F)F)cccc23)c(OC)c1. The van der Waals surface area contributed by atoms with E-state index in [9.17, 15) is 26.3 Å². The van der Waals surface area contributed by atoms with Crippen molar-refractivity contribution in [1.29, 1.82) is 0 Å². The van der Waals surface area contributed by atoms with E-state index < -0.39 is 29.1 Å². The molecule has 0 bridgehead atoms. The van der Waals surface area contributed by atoms with Gasteiger partial charge in [0.15, 0.2) is 0 Å². The fourth-order valence-electron chi connectivity index (χ4n) is 2.87. The van der Waals surface area contributed by atoms with Crippen molar-refractivity contribution >= 4 is 10.9 Å². The van der Waals surface area contributed by atoms with Crippen molar-refractivity contribution in [2.75, 3.05) is 14.2 Å². The zero-order valence-electron chi connectivity index (χ0n) is 14.6. The number of hydrogen-bond donors (Lipinski definition) is 0. The van der Waals surface area contributed by atoms with Crippen LogP contribution in [0.3, 0.4) is 0 Å². The third-order valence-corrected chi connectivity index (χ3v) is 4.13. The Hall–Kier alpha value is -2.97. The van der Waals surface area contributed by atoms with E-state index in [1.54, 1.807) is 0 Å². The molecule has 0 aliphatic heterocycles. The van der Waals surface area contributed by atoms with Crippen LogP contribution in [0.5, 0.6) is 11.5 Å². The Morgan fingerprint density at radius 2 is 1.50 bits per heavy atom. The van der Waals surface area contributed by atoms with Crippen molar-refractivity contribution in [3.63, 3.8) is 0 Å². The minimum Gasteiger partial charge on any atom is -0.497 e. The molecule has 1 aromatic heterocycles. The first kappa shape index (κ1) is 19.8. The van der Waals surface area contributed by atoms with Gasteiger partial charge < -0.3 is 9.47 Å². The molecule has 3 nitrogen and oxygen atoms in total. The maximum absolute atomic E-state index is 13.4. The van der Waals surface area contributed by atoms with Crippen LogP contribution in [0.15, 0.2) is 42.5 Å². The van der Waals surface area contributed by atoms with Crippen LogP contribution in [0, 0.1) is 0 Å². The second-order valence-electron chi connectivity index (χ2n) is 5.82. The molecule has 0 spiro atoms. The lowest BCUT2D eigenvalue weighted by Gasteiger charge is -2.17. The van der Waals surface area contributed by atoms with E-state index in [1.165, 1.54) is 38.5 Å². The first-order valence-corrected chi connectivity index (χ1v) is 7.87. The highest BCUT2D eigenvalue weighted by molar-refractivity contribution is 5.98. The van der Waals surface area contributed by atoms with E-state index in [-0.39, 0.29) is 22.3 Å². The number of nitrogens with zero attached hydrogens (tertiary/aromatic N) is 1. The van der Waals surface area contributed by atoms with Crippen LogP contribution < -0.4 is 9.47 Å². The maximum atomic E-state index is 13.4. The molecule has 0 amide bonds. The summed E-state index contributed by atoms with van der Waals surface area (Å²) in [6, 6.07) is 8.16. The standard InChI is InChI=1S/C19H13F6NO2/c1-27-10-6-7-11(15(8-10)28-2)13-9-16(19(23,24)25)26-17-12(13)4-3-5-14(17)18(20,21)22/h3-9H,1-2H3. The summed E-state index contributed by atoms with van der Waals surface area (Å²) in [4.78, 5) is 3.28. The summed E-state index contributed by atoms with van der Waals surface area (Å²) >= 11 is 0. The molecule has 1 heterocycles. The number of hydrogen-bond acceptors (Lipinski definition) is 3. The van der Waals surface area contributed by atoms with E-state index >= 15 is 0 Å². The predicted octanol–water partition coefficient (Wildman–Crippen LogP) is 5.96. The Morgan fingerprint density at radius 3 is 2.07 bits per heavy atom. The largest absolute Gasteiger partial charge is 0.497 e. The number of aromatic nitrogens is 1. The zero-order valence-corrected chi connectivity index (χ0v) is 14.6. The minimum atomic E-state index is -4.93. The summed E-state index contributed by atoms with van der Waals surface area (Å²) in [7, 11) is 2.70. The van der Waals surface area contributed by atoms with E-state index in [0.717, 1.165) is 6.07 Å². The van der Waals surface area contributed by atoms with Gasteiger partial charge in [-0.25, -0.2) is 4.98 Å². The number of rotatable bonds is 3.